The molecule has 0 aliphatic rings. The molecule has 2 aromatic rings. The molecule has 0 atom stereocenters. The highest BCUT2D eigenvalue weighted by molar-refractivity contribution is 7.98. The van der Waals surface area contributed by atoms with Crippen LogP contribution >= 0.6 is 11.8 Å². The normalized spacial score (nSPS) is 11.2. The number of benzene rings is 1. The van der Waals surface area contributed by atoms with Crippen LogP contribution in [-0.2, 0) is 0 Å². The van der Waals surface area contributed by atoms with E-state index in [1.807, 2.05) is 6.26 Å². The summed E-state index contributed by atoms with van der Waals surface area (Å²) in [7, 11) is 0. The molecule has 0 unspecified atom stereocenters. The van der Waals surface area contributed by atoms with Gasteiger partial charge in [0.25, 0.3) is 6.43 Å². The van der Waals surface area contributed by atoms with E-state index in [2.05, 4.69) is 10.1 Å². The third kappa shape index (κ3) is 2.35. The maximum absolute atomic E-state index is 13.8. The highest BCUT2D eigenvalue weighted by Gasteiger charge is 2.15. The first-order chi connectivity index (χ1) is 8.52. The lowest BCUT2D eigenvalue weighted by molar-refractivity contribution is 0.140. The van der Waals surface area contributed by atoms with Gasteiger partial charge in [0.1, 0.15) is 17.8 Å². The molecule has 0 amide bonds. The summed E-state index contributed by atoms with van der Waals surface area (Å²) in [6, 6.07) is 2.92. The third-order valence-corrected chi connectivity index (χ3v) is 3.30. The second-order valence-electron chi connectivity index (χ2n) is 3.62. The van der Waals surface area contributed by atoms with E-state index in [0.29, 0.717) is 0 Å². The minimum atomic E-state index is -2.76. The van der Waals surface area contributed by atoms with Crippen molar-refractivity contribution < 1.29 is 13.2 Å². The molecule has 0 spiro atoms. The lowest BCUT2D eigenvalue weighted by Crippen LogP contribution is -2.01. The molecule has 0 aliphatic carbocycles. The Hall–Kier alpha value is -1.50. The maximum Gasteiger partial charge on any atom is 0.299 e. The summed E-state index contributed by atoms with van der Waals surface area (Å²) in [5, 5.41) is 3.55. The number of aromatic nitrogens is 3. The fraction of sp³-hybridized carbons (Fsp3) is 0.273. The molecule has 2 rings (SSSR count). The van der Waals surface area contributed by atoms with Crippen LogP contribution < -0.4 is 0 Å². The molecule has 0 radical (unpaired) electrons. The standard InChI is InChI=1S/C11H10F3N3S/c1-6-3-7(12)8(4-9(6)18-2)17-5-15-11(16-17)10(13)14/h3-5,10H,1-2H3. The van der Waals surface area contributed by atoms with Crippen LogP contribution in [0.25, 0.3) is 5.69 Å². The molecule has 0 bridgehead atoms. The molecule has 1 aromatic heterocycles. The number of alkyl halides is 2. The molecule has 1 heterocycles. The van der Waals surface area contributed by atoms with Crippen LogP contribution in [-0.4, -0.2) is 21.0 Å². The third-order valence-electron chi connectivity index (χ3n) is 2.42. The van der Waals surface area contributed by atoms with Crippen LogP contribution in [0.15, 0.2) is 23.4 Å². The molecule has 1 aromatic carbocycles. The van der Waals surface area contributed by atoms with E-state index in [-0.39, 0.29) is 5.69 Å². The number of rotatable bonds is 3. The molecule has 3 nitrogen and oxygen atoms in total. The van der Waals surface area contributed by atoms with Gasteiger partial charge in [-0.05, 0) is 30.9 Å². The first-order valence-electron chi connectivity index (χ1n) is 5.07. The zero-order valence-corrected chi connectivity index (χ0v) is 10.5. The van der Waals surface area contributed by atoms with Gasteiger partial charge in [-0.1, -0.05) is 0 Å². The van der Waals surface area contributed by atoms with Crippen LogP contribution in [0.5, 0.6) is 0 Å². The molecule has 0 N–H and O–H groups in total. The number of aryl methyl sites for hydroxylation is 1. The van der Waals surface area contributed by atoms with Crippen molar-refractivity contribution in [2.75, 3.05) is 6.26 Å². The van der Waals surface area contributed by atoms with Crippen molar-refractivity contribution in [3.8, 4) is 5.69 Å². The van der Waals surface area contributed by atoms with Crippen LogP contribution in [0.4, 0.5) is 13.2 Å². The van der Waals surface area contributed by atoms with Crippen molar-refractivity contribution in [2.24, 2.45) is 0 Å². The average Bonchev–Trinajstić information content (AvgIpc) is 2.78. The summed E-state index contributed by atoms with van der Waals surface area (Å²) in [5.41, 5.74) is 0.905. The Bertz CT molecular complexity index is 569. The SMILES string of the molecule is CSc1cc(-n2cnc(C(F)F)n2)c(F)cc1C. The maximum atomic E-state index is 13.8. The Morgan fingerprint density at radius 2 is 2.06 bits per heavy atom. The van der Waals surface area contributed by atoms with Gasteiger partial charge in [0.05, 0.1) is 0 Å². The van der Waals surface area contributed by atoms with Crippen molar-refractivity contribution in [3.05, 3.63) is 35.7 Å². The van der Waals surface area contributed by atoms with E-state index in [4.69, 9.17) is 0 Å². The molecular weight excluding hydrogens is 263 g/mol. The summed E-state index contributed by atoms with van der Waals surface area (Å²) in [5.74, 6) is -1.13. The molecule has 0 saturated heterocycles. The lowest BCUT2D eigenvalue weighted by atomic mass is 10.2. The van der Waals surface area contributed by atoms with E-state index in [0.717, 1.165) is 21.5 Å². The quantitative estimate of drug-likeness (QED) is 0.803. The second kappa shape index (κ2) is 5.01. The summed E-state index contributed by atoms with van der Waals surface area (Å²) in [6.07, 6.45) is 0.176. The Morgan fingerprint density at radius 1 is 1.33 bits per heavy atom. The lowest BCUT2D eigenvalue weighted by Gasteiger charge is -2.07. The molecule has 7 heteroatoms. The van der Waals surface area contributed by atoms with Gasteiger partial charge in [-0.3, -0.25) is 0 Å². The number of thioether (sulfide) groups is 1. The van der Waals surface area contributed by atoms with Gasteiger partial charge in [0, 0.05) is 4.90 Å². The predicted molar refractivity (Wildman–Crippen MR) is 62.8 cm³/mol. The first-order valence-corrected chi connectivity index (χ1v) is 6.29. The predicted octanol–water partition coefficient (Wildman–Crippen LogP) is 3.37. The first kappa shape index (κ1) is 12.9. The Balaban J connectivity index is 2.49. The van der Waals surface area contributed by atoms with Crippen LogP contribution in [0, 0.1) is 12.7 Å². The minimum Gasteiger partial charge on any atom is -0.218 e. The highest BCUT2D eigenvalue weighted by atomic mass is 32.2. The topological polar surface area (TPSA) is 30.7 Å². The van der Waals surface area contributed by atoms with Crippen molar-refractivity contribution in [1.82, 2.24) is 14.8 Å². The van der Waals surface area contributed by atoms with Crippen molar-refractivity contribution >= 4 is 11.8 Å². The van der Waals surface area contributed by atoms with E-state index in [9.17, 15) is 13.2 Å². The van der Waals surface area contributed by atoms with Gasteiger partial charge in [-0.25, -0.2) is 22.8 Å². The average molecular weight is 273 g/mol. The van der Waals surface area contributed by atoms with Crippen molar-refractivity contribution in [1.29, 1.82) is 0 Å². The molecule has 0 fully saturated rings. The van der Waals surface area contributed by atoms with Gasteiger partial charge >= 0.3 is 0 Å². The smallest absolute Gasteiger partial charge is 0.218 e. The van der Waals surface area contributed by atoms with Gasteiger partial charge in [0.2, 0.25) is 5.82 Å². The van der Waals surface area contributed by atoms with Crippen molar-refractivity contribution in [2.45, 2.75) is 18.2 Å². The van der Waals surface area contributed by atoms with Gasteiger partial charge in [-0.15, -0.1) is 16.9 Å². The summed E-state index contributed by atoms with van der Waals surface area (Å²) in [4.78, 5) is 4.30. The Kier molecular flexibility index (Phi) is 3.60. The van der Waals surface area contributed by atoms with Crippen LogP contribution in [0.3, 0.4) is 0 Å². The fourth-order valence-corrected chi connectivity index (χ4v) is 2.14. The highest BCUT2D eigenvalue weighted by Crippen LogP contribution is 2.25. The number of nitrogens with zero attached hydrogens (tertiary/aromatic N) is 3. The van der Waals surface area contributed by atoms with Crippen LogP contribution in [0.1, 0.15) is 17.8 Å². The number of hydrogen-bond donors (Lipinski definition) is 0. The summed E-state index contributed by atoms with van der Waals surface area (Å²) in [6.45, 7) is 1.78. The Labute approximate surface area is 106 Å². The van der Waals surface area contributed by atoms with E-state index in [1.54, 1.807) is 13.0 Å². The van der Waals surface area contributed by atoms with Crippen LogP contribution in [0.2, 0.25) is 0 Å². The molecule has 96 valence electrons. The van der Waals surface area contributed by atoms with Gasteiger partial charge in [-0.2, -0.15) is 0 Å². The zero-order valence-electron chi connectivity index (χ0n) is 9.69. The zero-order chi connectivity index (χ0) is 13.3. The molecule has 0 aliphatic heterocycles. The Morgan fingerprint density at radius 3 is 2.61 bits per heavy atom. The number of halogens is 3. The number of hydrogen-bond acceptors (Lipinski definition) is 3. The summed E-state index contributed by atoms with van der Waals surface area (Å²) >= 11 is 1.45. The fourth-order valence-electron chi connectivity index (χ4n) is 1.53. The molecular formula is C11H10F3N3S. The van der Waals surface area contributed by atoms with Crippen molar-refractivity contribution in [3.63, 3.8) is 0 Å². The minimum absolute atomic E-state index is 0.115. The monoisotopic (exact) mass is 273 g/mol. The van der Waals surface area contributed by atoms with E-state index < -0.39 is 18.1 Å². The molecule has 0 saturated carbocycles. The van der Waals surface area contributed by atoms with E-state index >= 15 is 0 Å². The second-order valence-corrected chi connectivity index (χ2v) is 4.47. The summed E-state index contributed by atoms with van der Waals surface area (Å²) < 4.78 is 39.5. The largest absolute Gasteiger partial charge is 0.299 e. The van der Waals surface area contributed by atoms with Gasteiger partial charge < -0.3 is 0 Å². The van der Waals surface area contributed by atoms with E-state index in [1.165, 1.54) is 17.8 Å². The van der Waals surface area contributed by atoms with Gasteiger partial charge in [0.15, 0.2) is 0 Å². The molecule has 18 heavy (non-hydrogen) atoms.